The predicted molar refractivity (Wildman–Crippen MR) is 111 cm³/mol. The molecule has 3 rings (SSSR count). The maximum absolute atomic E-state index is 12.5. The van der Waals surface area contributed by atoms with E-state index in [4.69, 9.17) is 4.74 Å². The van der Waals surface area contributed by atoms with Crippen molar-refractivity contribution in [2.75, 3.05) is 24.2 Å². The Morgan fingerprint density at radius 2 is 2.10 bits per heavy atom. The van der Waals surface area contributed by atoms with Gasteiger partial charge in [-0.3, -0.25) is 9.89 Å². The lowest BCUT2D eigenvalue weighted by molar-refractivity contribution is -0.119. The van der Waals surface area contributed by atoms with Gasteiger partial charge in [-0.15, -0.1) is 0 Å². The van der Waals surface area contributed by atoms with Crippen molar-refractivity contribution in [1.82, 2.24) is 19.8 Å². The van der Waals surface area contributed by atoms with Gasteiger partial charge in [-0.2, -0.15) is 5.10 Å². The molecule has 2 heterocycles. The fourth-order valence-corrected chi connectivity index (χ4v) is 5.12. The summed E-state index contributed by atoms with van der Waals surface area (Å²) >= 11 is 0. The van der Waals surface area contributed by atoms with Crippen molar-refractivity contribution in [1.29, 1.82) is 0 Å². The Balaban J connectivity index is 1.50. The lowest BCUT2D eigenvalue weighted by atomic mass is 10.0. The van der Waals surface area contributed by atoms with Crippen LogP contribution in [0.3, 0.4) is 0 Å². The number of hydrogen-bond donors (Lipinski definition) is 3. The molecule has 0 spiro atoms. The van der Waals surface area contributed by atoms with Crippen molar-refractivity contribution in [2.24, 2.45) is 5.92 Å². The Labute approximate surface area is 177 Å². The van der Waals surface area contributed by atoms with Crippen molar-refractivity contribution in [2.45, 2.75) is 64.5 Å². The molecule has 1 aromatic heterocycles. The molecule has 1 saturated heterocycles. The fraction of sp³-hybridized carbons (Fsp3) is 0.737. The van der Waals surface area contributed by atoms with Crippen molar-refractivity contribution >= 4 is 27.8 Å². The molecule has 1 aliphatic heterocycles. The second-order valence-corrected chi connectivity index (χ2v) is 10.5. The zero-order chi connectivity index (χ0) is 21.9. The van der Waals surface area contributed by atoms with Crippen LogP contribution in [-0.2, 0) is 19.6 Å². The van der Waals surface area contributed by atoms with Crippen molar-refractivity contribution in [3.63, 3.8) is 0 Å². The molecule has 2 fully saturated rings. The quantitative estimate of drug-likeness (QED) is 0.591. The average Bonchev–Trinajstić information content (AvgIpc) is 3.41. The smallest absolute Gasteiger partial charge is 0.407 e. The summed E-state index contributed by atoms with van der Waals surface area (Å²) in [6, 6.07) is 1.83. The van der Waals surface area contributed by atoms with Gasteiger partial charge < -0.3 is 15.4 Å². The molecule has 1 aromatic rings. The number of carbonyl (C=O) groups is 2. The summed E-state index contributed by atoms with van der Waals surface area (Å²) in [7, 11) is -3.27. The number of nitrogens with zero attached hydrogens (tertiary/aromatic N) is 2. The summed E-state index contributed by atoms with van der Waals surface area (Å²) in [5.41, 5.74) is 0.891. The Morgan fingerprint density at radius 3 is 2.80 bits per heavy atom. The van der Waals surface area contributed by atoms with Crippen LogP contribution in [0.25, 0.3) is 0 Å². The largest absolute Gasteiger partial charge is 0.446 e. The highest BCUT2D eigenvalue weighted by Crippen LogP contribution is 2.36. The molecule has 0 unspecified atom stereocenters. The number of anilines is 1. The minimum absolute atomic E-state index is 0.0301. The molecule has 3 N–H and O–H groups in total. The summed E-state index contributed by atoms with van der Waals surface area (Å²) in [5, 5.41) is 12.6. The molecular weight excluding hydrogens is 410 g/mol. The van der Waals surface area contributed by atoms with Crippen molar-refractivity contribution in [3.05, 3.63) is 11.8 Å². The number of sulfonamides is 1. The topological polar surface area (TPSA) is 133 Å². The van der Waals surface area contributed by atoms with Gasteiger partial charge in [0, 0.05) is 36.8 Å². The number of amides is 2. The zero-order valence-corrected chi connectivity index (χ0v) is 18.5. The third kappa shape index (κ3) is 5.51. The van der Waals surface area contributed by atoms with E-state index in [0.717, 1.165) is 18.5 Å². The van der Waals surface area contributed by atoms with Crippen LogP contribution in [0.2, 0.25) is 0 Å². The van der Waals surface area contributed by atoms with Crippen LogP contribution in [0.15, 0.2) is 6.07 Å². The zero-order valence-electron chi connectivity index (χ0n) is 17.7. The van der Waals surface area contributed by atoms with Gasteiger partial charge in [0.1, 0.15) is 6.10 Å². The Kier molecular flexibility index (Phi) is 7.02. The highest BCUT2D eigenvalue weighted by Gasteiger charge is 2.35. The second-order valence-electron chi connectivity index (χ2n) is 8.28. The van der Waals surface area contributed by atoms with Crippen LogP contribution in [0, 0.1) is 5.92 Å². The van der Waals surface area contributed by atoms with E-state index < -0.39 is 16.1 Å². The molecule has 2 aliphatic rings. The summed E-state index contributed by atoms with van der Waals surface area (Å²) in [6.07, 6.45) is 2.31. The minimum atomic E-state index is -3.27. The SMILES string of the molecule is CCS(=O)(=O)N1CC[C@@H](C(=O)Nc2cc([C@H]3CC[C@@H](OC(=O)NC(C)C)C3)[nH]n2)C1. The summed E-state index contributed by atoms with van der Waals surface area (Å²) in [4.78, 5) is 24.3. The Morgan fingerprint density at radius 1 is 1.33 bits per heavy atom. The van der Waals surface area contributed by atoms with E-state index in [1.54, 1.807) is 13.0 Å². The number of alkyl carbamates (subject to hydrolysis) is 1. The Bertz CT molecular complexity index is 868. The fourth-order valence-electron chi connectivity index (χ4n) is 3.97. The molecule has 10 nitrogen and oxygen atoms in total. The van der Waals surface area contributed by atoms with Gasteiger partial charge in [-0.1, -0.05) is 0 Å². The van der Waals surface area contributed by atoms with Crippen LogP contribution >= 0.6 is 0 Å². The van der Waals surface area contributed by atoms with Crippen LogP contribution in [0.1, 0.15) is 58.1 Å². The maximum atomic E-state index is 12.5. The van der Waals surface area contributed by atoms with Crippen LogP contribution in [-0.4, -0.2) is 65.9 Å². The number of carbonyl (C=O) groups excluding carboxylic acids is 2. The third-order valence-corrected chi connectivity index (χ3v) is 7.48. The van der Waals surface area contributed by atoms with Gasteiger partial charge in [0.2, 0.25) is 15.9 Å². The highest BCUT2D eigenvalue weighted by atomic mass is 32.2. The molecule has 0 aromatic carbocycles. The number of ether oxygens (including phenoxy) is 1. The molecule has 30 heavy (non-hydrogen) atoms. The van der Waals surface area contributed by atoms with Gasteiger partial charge in [-0.25, -0.2) is 17.5 Å². The number of aromatic nitrogens is 2. The Hall–Kier alpha value is -2.14. The first-order valence-corrected chi connectivity index (χ1v) is 12.1. The van der Waals surface area contributed by atoms with Gasteiger partial charge >= 0.3 is 6.09 Å². The van der Waals surface area contributed by atoms with Crippen molar-refractivity contribution in [3.8, 4) is 0 Å². The van der Waals surface area contributed by atoms with E-state index in [1.165, 1.54) is 4.31 Å². The van der Waals surface area contributed by atoms with E-state index >= 15 is 0 Å². The first-order valence-electron chi connectivity index (χ1n) is 10.5. The second kappa shape index (κ2) is 9.34. The van der Waals surface area contributed by atoms with Gasteiger partial charge in [0.15, 0.2) is 5.82 Å². The summed E-state index contributed by atoms with van der Waals surface area (Å²) in [6.45, 7) is 5.94. The molecule has 2 amide bonds. The van der Waals surface area contributed by atoms with Gasteiger partial charge in [0.05, 0.1) is 11.7 Å². The summed E-state index contributed by atoms with van der Waals surface area (Å²) < 4.78 is 30.8. The van der Waals surface area contributed by atoms with Gasteiger partial charge in [-0.05, 0) is 46.5 Å². The standard InChI is InChI=1S/C19H31N5O5S/c1-4-30(27,28)24-8-7-14(11-24)18(25)21-17-10-16(22-23-17)13-5-6-15(9-13)29-19(26)20-12(2)3/h10,12-15H,4-9,11H2,1-3H3,(H,20,26)(H2,21,22,23,25)/t13-,14+,15+/m0/s1. The lowest BCUT2D eigenvalue weighted by Crippen LogP contribution is -2.33. The molecular formula is C19H31N5O5S. The monoisotopic (exact) mass is 441 g/mol. The average molecular weight is 442 g/mol. The molecule has 1 saturated carbocycles. The number of aromatic amines is 1. The molecule has 1 aliphatic carbocycles. The van der Waals surface area contributed by atoms with Gasteiger partial charge in [0.25, 0.3) is 0 Å². The molecule has 0 bridgehead atoms. The third-order valence-electron chi connectivity index (χ3n) is 5.63. The predicted octanol–water partition coefficient (Wildman–Crippen LogP) is 1.79. The minimum Gasteiger partial charge on any atom is -0.446 e. The first kappa shape index (κ1) is 22.5. The van der Waals surface area contributed by atoms with Crippen LogP contribution in [0.4, 0.5) is 10.6 Å². The molecule has 0 radical (unpaired) electrons. The molecule has 168 valence electrons. The number of hydrogen-bond acceptors (Lipinski definition) is 6. The van der Waals surface area contributed by atoms with Crippen molar-refractivity contribution < 1.29 is 22.7 Å². The van der Waals surface area contributed by atoms with Crippen LogP contribution in [0.5, 0.6) is 0 Å². The van der Waals surface area contributed by atoms with E-state index in [0.29, 0.717) is 25.2 Å². The normalized spacial score (nSPS) is 24.9. The maximum Gasteiger partial charge on any atom is 0.407 e. The van der Waals surface area contributed by atoms with E-state index in [1.807, 2.05) is 13.8 Å². The highest BCUT2D eigenvalue weighted by molar-refractivity contribution is 7.89. The van der Waals surface area contributed by atoms with E-state index in [-0.39, 0.29) is 42.2 Å². The summed E-state index contributed by atoms with van der Waals surface area (Å²) in [5.74, 6) is 0.0374. The van der Waals surface area contributed by atoms with E-state index in [9.17, 15) is 18.0 Å². The number of nitrogens with one attached hydrogen (secondary N) is 3. The number of H-pyrrole nitrogens is 1. The lowest BCUT2D eigenvalue weighted by Gasteiger charge is -2.14. The first-order chi connectivity index (χ1) is 14.2. The van der Waals surface area contributed by atoms with Crippen LogP contribution < -0.4 is 10.6 Å². The number of rotatable bonds is 7. The molecule has 11 heteroatoms. The molecule has 3 atom stereocenters. The van der Waals surface area contributed by atoms with E-state index in [2.05, 4.69) is 20.8 Å².